The number of anilines is 1. The molecule has 0 spiro atoms. The first-order chi connectivity index (χ1) is 14.0. The van der Waals surface area contributed by atoms with Crippen molar-refractivity contribution < 1.29 is 19.1 Å². The summed E-state index contributed by atoms with van der Waals surface area (Å²) in [6.07, 6.45) is -0.749. The smallest absolute Gasteiger partial charge is 0.437 e. The predicted molar refractivity (Wildman–Crippen MR) is 108 cm³/mol. The summed E-state index contributed by atoms with van der Waals surface area (Å²) in [5.41, 5.74) is 3.42. The zero-order valence-corrected chi connectivity index (χ0v) is 16.7. The van der Waals surface area contributed by atoms with E-state index in [1.165, 1.54) is 0 Å². The minimum atomic E-state index is -1.41. The van der Waals surface area contributed by atoms with Crippen LogP contribution < -0.4 is 10.2 Å². The molecule has 0 bridgehead atoms. The molecule has 1 N–H and O–H groups in total. The van der Waals surface area contributed by atoms with Crippen LogP contribution in [0.5, 0.6) is 5.75 Å². The molecular formula is C21H19N3O4S. The third kappa shape index (κ3) is 3.79. The third-order valence-corrected chi connectivity index (χ3v) is 5.38. The van der Waals surface area contributed by atoms with Crippen molar-refractivity contribution in [2.24, 2.45) is 0 Å². The number of hydrogen-bond acceptors (Lipinski definition) is 7. The predicted octanol–water partition coefficient (Wildman–Crippen LogP) is 4.25. The number of hydrogen-bond donors (Lipinski definition) is 1. The summed E-state index contributed by atoms with van der Waals surface area (Å²) in [4.78, 5) is 29.6. The van der Waals surface area contributed by atoms with Crippen LogP contribution in [0.25, 0.3) is 0 Å². The molecule has 1 unspecified atom stereocenters. The lowest BCUT2D eigenvalue weighted by Crippen LogP contribution is -2.40. The van der Waals surface area contributed by atoms with Gasteiger partial charge in [-0.1, -0.05) is 30.3 Å². The number of aryl methyl sites for hydroxylation is 1. The molecule has 1 aromatic heterocycles. The SMILES string of the molecule is Cc1nc(COc2ccc(C3(C)OC(=O)N(Nc4ccccc4)C3=O)cc2)cs1. The van der Waals surface area contributed by atoms with Gasteiger partial charge in [-0.05, 0) is 38.1 Å². The van der Waals surface area contributed by atoms with Crippen molar-refractivity contribution in [1.29, 1.82) is 0 Å². The summed E-state index contributed by atoms with van der Waals surface area (Å²) < 4.78 is 11.2. The topological polar surface area (TPSA) is 80.8 Å². The fourth-order valence-electron chi connectivity index (χ4n) is 2.98. The Bertz CT molecular complexity index is 1040. The lowest BCUT2D eigenvalue weighted by molar-refractivity contribution is -0.135. The molecule has 7 nitrogen and oxygen atoms in total. The standard InChI is InChI=1S/C21H19N3O4S/c1-14-22-17(13-29-14)12-27-18-10-8-15(9-11-18)21(2)19(25)24(20(26)28-21)23-16-6-4-3-5-7-16/h3-11,13,23H,12H2,1-2H3. The fourth-order valence-corrected chi connectivity index (χ4v) is 3.58. The van der Waals surface area contributed by atoms with E-state index < -0.39 is 17.6 Å². The van der Waals surface area contributed by atoms with Crippen LogP contribution in [0.3, 0.4) is 0 Å². The number of carbonyl (C=O) groups excluding carboxylic acids is 2. The number of benzene rings is 2. The molecule has 0 aliphatic carbocycles. The molecule has 3 aromatic rings. The van der Waals surface area contributed by atoms with E-state index in [0.717, 1.165) is 15.7 Å². The number of ether oxygens (including phenoxy) is 2. The molecular weight excluding hydrogens is 390 g/mol. The monoisotopic (exact) mass is 409 g/mol. The van der Waals surface area contributed by atoms with Crippen LogP contribution in [0.1, 0.15) is 23.2 Å². The molecule has 8 heteroatoms. The molecule has 2 aromatic carbocycles. The zero-order chi connectivity index (χ0) is 20.4. The lowest BCUT2D eigenvalue weighted by Gasteiger charge is -2.21. The van der Waals surface area contributed by atoms with Crippen molar-refractivity contribution in [3.05, 3.63) is 76.2 Å². The molecule has 1 aliphatic rings. The van der Waals surface area contributed by atoms with E-state index in [-0.39, 0.29) is 0 Å². The van der Waals surface area contributed by atoms with Gasteiger partial charge in [-0.15, -0.1) is 16.3 Å². The van der Waals surface area contributed by atoms with E-state index in [2.05, 4.69) is 10.4 Å². The van der Waals surface area contributed by atoms with Gasteiger partial charge in [0.05, 0.1) is 16.4 Å². The number of amides is 2. The van der Waals surface area contributed by atoms with Gasteiger partial charge in [0, 0.05) is 10.9 Å². The number of nitrogens with one attached hydrogen (secondary N) is 1. The van der Waals surface area contributed by atoms with Gasteiger partial charge in [0.2, 0.25) is 5.60 Å². The number of cyclic esters (lactones) is 1. The van der Waals surface area contributed by atoms with E-state index in [1.807, 2.05) is 18.4 Å². The summed E-state index contributed by atoms with van der Waals surface area (Å²) in [7, 11) is 0. The second kappa shape index (κ2) is 7.56. The first-order valence-corrected chi connectivity index (χ1v) is 9.87. The van der Waals surface area contributed by atoms with Crippen molar-refractivity contribution >= 4 is 29.0 Å². The lowest BCUT2D eigenvalue weighted by atomic mass is 9.95. The van der Waals surface area contributed by atoms with Crippen molar-refractivity contribution in [3.8, 4) is 5.75 Å². The molecule has 148 valence electrons. The summed E-state index contributed by atoms with van der Waals surface area (Å²) in [6.45, 7) is 3.89. The van der Waals surface area contributed by atoms with Gasteiger partial charge >= 0.3 is 6.09 Å². The van der Waals surface area contributed by atoms with E-state index in [4.69, 9.17) is 9.47 Å². The van der Waals surface area contributed by atoms with Crippen LogP contribution >= 0.6 is 11.3 Å². The second-order valence-electron chi connectivity index (χ2n) is 6.69. The molecule has 2 heterocycles. The molecule has 1 fully saturated rings. The highest BCUT2D eigenvalue weighted by molar-refractivity contribution is 7.09. The number of thiazole rings is 1. The molecule has 29 heavy (non-hydrogen) atoms. The van der Waals surface area contributed by atoms with E-state index in [0.29, 0.717) is 23.6 Å². The Kier molecular flexibility index (Phi) is 4.94. The molecule has 0 radical (unpaired) electrons. The van der Waals surface area contributed by atoms with Crippen LogP contribution in [0, 0.1) is 6.92 Å². The van der Waals surface area contributed by atoms with Crippen LogP contribution in [0.4, 0.5) is 10.5 Å². The normalized spacial score (nSPS) is 18.6. The van der Waals surface area contributed by atoms with E-state index in [1.54, 1.807) is 66.8 Å². The maximum absolute atomic E-state index is 12.9. The third-order valence-electron chi connectivity index (χ3n) is 4.56. The van der Waals surface area contributed by atoms with Crippen molar-refractivity contribution in [2.45, 2.75) is 26.1 Å². The highest BCUT2D eigenvalue weighted by Gasteiger charge is 2.52. The maximum Gasteiger partial charge on any atom is 0.437 e. The quantitative estimate of drug-likeness (QED) is 0.656. The highest BCUT2D eigenvalue weighted by Crippen LogP contribution is 2.35. The summed E-state index contributed by atoms with van der Waals surface area (Å²) >= 11 is 1.57. The Labute approximate surface area is 171 Å². The van der Waals surface area contributed by atoms with Gasteiger partial charge in [0.25, 0.3) is 5.91 Å². The van der Waals surface area contributed by atoms with Crippen LogP contribution in [-0.2, 0) is 21.7 Å². The molecule has 0 saturated carbocycles. The largest absolute Gasteiger partial charge is 0.487 e. The highest BCUT2D eigenvalue weighted by atomic mass is 32.1. The maximum atomic E-state index is 12.9. The average Bonchev–Trinajstić information content (AvgIpc) is 3.24. The van der Waals surface area contributed by atoms with Gasteiger partial charge in [-0.2, -0.15) is 0 Å². The number of rotatable bonds is 6. The Hall–Kier alpha value is -3.39. The van der Waals surface area contributed by atoms with E-state index >= 15 is 0 Å². The van der Waals surface area contributed by atoms with Crippen LogP contribution in [0.15, 0.2) is 60.0 Å². The first-order valence-electron chi connectivity index (χ1n) is 8.99. The van der Waals surface area contributed by atoms with Gasteiger partial charge in [-0.3, -0.25) is 10.2 Å². The molecule has 1 aliphatic heterocycles. The summed E-state index contributed by atoms with van der Waals surface area (Å²) in [5, 5.41) is 3.84. The van der Waals surface area contributed by atoms with Gasteiger partial charge in [0.1, 0.15) is 12.4 Å². The first kappa shape index (κ1) is 18.9. The molecule has 2 amide bonds. The number of aromatic nitrogens is 1. The summed E-state index contributed by atoms with van der Waals surface area (Å²) in [5.74, 6) is 0.150. The number of imide groups is 1. The van der Waals surface area contributed by atoms with Gasteiger partial charge < -0.3 is 9.47 Å². The number of carbonyl (C=O) groups is 2. The molecule has 1 saturated heterocycles. The number of nitrogens with zero attached hydrogens (tertiary/aromatic N) is 2. The minimum absolute atomic E-state index is 0.365. The van der Waals surface area contributed by atoms with E-state index in [9.17, 15) is 9.59 Å². The minimum Gasteiger partial charge on any atom is -0.487 e. The van der Waals surface area contributed by atoms with Crippen molar-refractivity contribution in [3.63, 3.8) is 0 Å². The zero-order valence-electron chi connectivity index (χ0n) is 15.9. The molecule has 1 atom stereocenters. The van der Waals surface area contributed by atoms with Crippen molar-refractivity contribution in [1.82, 2.24) is 9.99 Å². The summed E-state index contributed by atoms with van der Waals surface area (Å²) in [6, 6.07) is 15.9. The number of hydrazine groups is 1. The Balaban J connectivity index is 1.47. The van der Waals surface area contributed by atoms with Gasteiger partial charge in [-0.25, -0.2) is 9.78 Å². The van der Waals surface area contributed by atoms with Crippen LogP contribution in [-0.4, -0.2) is 22.0 Å². The molecule has 4 rings (SSSR count). The van der Waals surface area contributed by atoms with Crippen molar-refractivity contribution in [2.75, 3.05) is 5.43 Å². The Morgan fingerprint density at radius 3 is 2.52 bits per heavy atom. The average molecular weight is 409 g/mol. The Morgan fingerprint density at radius 1 is 1.14 bits per heavy atom. The second-order valence-corrected chi connectivity index (χ2v) is 7.75. The fraction of sp³-hybridized carbons (Fsp3) is 0.190. The number of para-hydroxylation sites is 1. The Morgan fingerprint density at radius 2 is 1.86 bits per heavy atom. The van der Waals surface area contributed by atoms with Crippen LogP contribution in [0.2, 0.25) is 0 Å². The van der Waals surface area contributed by atoms with Gasteiger partial charge in [0.15, 0.2) is 0 Å².